The van der Waals surface area contributed by atoms with Crippen molar-refractivity contribution in [1.29, 1.82) is 0 Å². The Bertz CT molecular complexity index is 3620. The van der Waals surface area contributed by atoms with Crippen LogP contribution in [0.25, 0.3) is 104 Å². The third kappa shape index (κ3) is 4.94. The number of aromatic nitrogens is 4. The molecule has 5 heteroatoms. The van der Waals surface area contributed by atoms with Gasteiger partial charge in [0.2, 0.25) is 0 Å². The van der Waals surface area contributed by atoms with Crippen LogP contribution in [-0.4, -0.2) is 19.5 Å². The lowest BCUT2D eigenvalue weighted by Gasteiger charge is -2.18. The van der Waals surface area contributed by atoms with Crippen molar-refractivity contribution in [1.82, 2.24) is 19.5 Å². The molecule has 3 aromatic heterocycles. The minimum absolute atomic E-state index is 0.00249. The highest BCUT2D eigenvalue weighted by molar-refractivity contribution is 7.25. The maximum absolute atomic E-state index is 9.31. The zero-order valence-corrected chi connectivity index (χ0v) is 29.2. The summed E-state index contributed by atoms with van der Waals surface area (Å²) in [5.74, 6) is 1.05. The average Bonchev–Trinajstić information content (AvgIpc) is 3.87. The molecule has 0 saturated carbocycles. The number of para-hydroxylation sites is 2. The van der Waals surface area contributed by atoms with Crippen molar-refractivity contribution in [3.63, 3.8) is 0 Å². The predicted octanol–water partition coefficient (Wildman–Crippen LogP) is 13.2. The second kappa shape index (κ2) is 12.3. The van der Waals surface area contributed by atoms with Gasteiger partial charge in [-0.2, -0.15) is 0 Å². The molecule has 11 aromatic rings. The van der Waals surface area contributed by atoms with Crippen molar-refractivity contribution in [3.8, 4) is 51.0 Å². The summed E-state index contributed by atoms with van der Waals surface area (Å²) in [6, 6.07) is 40.1. The lowest BCUT2D eigenvalue weighted by Crippen LogP contribution is -2.05. The van der Waals surface area contributed by atoms with E-state index in [2.05, 4.69) is 30.3 Å². The minimum atomic E-state index is -0.510. The maximum atomic E-state index is 9.31. The van der Waals surface area contributed by atoms with Gasteiger partial charge in [-0.1, -0.05) is 145 Å². The lowest BCUT2D eigenvalue weighted by atomic mass is 9.95. The van der Waals surface area contributed by atoms with Gasteiger partial charge in [-0.25, -0.2) is 15.0 Å². The Kier molecular flexibility index (Phi) is 5.39. The Balaban J connectivity index is 1.30. The van der Waals surface area contributed by atoms with Gasteiger partial charge in [0.15, 0.2) is 17.5 Å². The average molecular weight is 715 g/mol. The first kappa shape index (κ1) is 23.6. The second-order valence-electron chi connectivity index (χ2n) is 13.0. The van der Waals surface area contributed by atoms with Crippen molar-refractivity contribution in [2.45, 2.75) is 0 Å². The van der Waals surface area contributed by atoms with Gasteiger partial charge in [0.05, 0.1) is 33.3 Å². The molecule has 0 saturated heterocycles. The standard InChI is InChI=1S/C49H30N4S/c1-2-14-32(15-3-1)47-50-48(35-27-28-40-39-19-8-11-24-44(39)54-45(40)30-35)52-49(51-47)46-36(34-26-25-31-13-4-5-16-33(31)29-34)20-12-23-43(46)53-41-21-9-6-17-37(41)38-18-7-10-22-42(38)53/h1-30H/i6D,7D,9D,10D,17D,18D,21D,22D. The van der Waals surface area contributed by atoms with Crippen LogP contribution in [0.1, 0.15) is 11.0 Å². The summed E-state index contributed by atoms with van der Waals surface area (Å²) >= 11 is 1.69. The summed E-state index contributed by atoms with van der Waals surface area (Å²) in [4.78, 5) is 15.5. The highest BCUT2D eigenvalue weighted by Crippen LogP contribution is 2.42. The molecule has 0 aliphatic rings. The summed E-state index contributed by atoms with van der Waals surface area (Å²) in [5.41, 5.74) is 3.80. The topological polar surface area (TPSA) is 43.6 Å². The van der Waals surface area contributed by atoms with E-state index in [4.69, 9.17) is 23.2 Å². The smallest absolute Gasteiger partial charge is 0.166 e. The number of rotatable bonds is 5. The number of benzene rings is 8. The van der Waals surface area contributed by atoms with Crippen LogP contribution in [0.4, 0.5) is 0 Å². The molecule has 252 valence electrons. The molecule has 3 heterocycles. The van der Waals surface area contributed by atoms with Gasteiger partial charge < -0.3 is 4.57 Å². The first-order valence-electron chi connectivity index (χ1n) is 21.5. The molecule has 0 amide bonds. The van der Waals surface area contributed by atoms with Gasteiger partial charge in [-0.05, 0) is 58.2 Å². The van der Waals surface area contributed by atoms with Gasteiger partial charge in [0.25, 0.3) is 0 Å². The summed E-state index contributed by atoms with van der Waals surface area (Å²) in [7, 11) is 0. The Labute approximate surface area is 326 Å². The van der Waals surface area contributed by atoms with E-state index in [9.17, 15) is 2.74 Å². The van der Waals surface area contributed by atoms with Gasteiger partial charge in [-0.15, -0.1) is 11.3 Å². The van der Waals surface area contributed by atoms with Gasteiger partial charge >= 0.3 is 0 Å². The number of nitrogens with zero attached hydrogens (tertiary/aromatic N) is 4. The fraction of sp³-hybridized carbons (Fsp3) is 0. The van der Waals surface area contributed by atoms with Crippen LogP contribution in [0.5, 0.6) is 0 Å². The summed E-state index contributed by atoms with van der Waals surface area (Å²) in [5, 5.41) is 4.27. The normalized spacial score (nSPS) is 13.8. The largest absolute Gasteiger partial charge is 0.308 e. The molecule has 0 spiro atoms. The number of thiophene rings is 1. The van der Waals surface area contributed by atoms with Crippen molar-refractivity contribution < 1.29 is 11.0 Å². The molecule has 0 atom stereocenters. The van der Waals surface area contributed by atoms with Crippen LogP contribution in [0.3, 0.4) is 0 Å². The molecular formula is C49H30N4S. The molecule has 0 unspecified atom stereocenters. The fourth-order valence-electron chi connectivity index (χ4n) is 7.42. The van der Waals surface area contributed by atoms with Crippen molar-refractivity contribution in [2.75, 3.05) is 0 Å². The van der Waals surface area contributed by atoms with Gasteiger partial charge in [0, 0.05) is 42.1 Å². The van der Waals surface area contributed by atoms with E-state index in [-0.39, 0.29) is 27.6 Å². The highest BCUT2D eigenvalue weighted by atomic mass is 32.1. The van der Waals surface area contributed by atoms with E-state index in [0.717, 1.165) is 47.6 Å². The maximum Gasteiger partial charge on any atom is 0.166 e. The molecule has 0 N–H and O–H groups in total. The molecule has 4 nitrogen and oxygen atoms in total. The van der Waals surface area contributed by atoms with E-state index in [1.165, 1.54) is 4.57 Å². The van der Waals surface area contributed by atoms with E-state index in [0.29, 0.717) is 28.5 Å². The quantitative estimate of drug-likeness (QED) is 0.178. The molecule has 0 fully saturated rings. The number of fused-ring (bicyclic) bond motifs is 7. The third-order valence-electron chi connectivity index (χ3n) is 9.90. The summed E-state index contributed by atoms with van der Waals surface area (Å²) in [6.45, 7) is 0. The highest BCUT2D eigenvalue weighted by Gasteiger charge is 2.23. The molecule has 0 radical (unpaired) electrons. The molecule has 0 aliphatic carbocycles. The fourth-order valence-corrected chi connectivity index (χ4v) is 8.56. The lowest BCUT2D eigenvalue weighted by molar-refractivity contribution is 1.07. The summed E-state index contributed by atoms with van der Waals surface area (Å²) < 4.78 is 75.4. The van der Waals surface area contributed by atoms with Crippen LogP contribution in [-0.2, 0) is 0 Å². The third-order valence-corrected chi connectivity index (χ3v) is 11.0. The first-order valence-corrected chi connectivity index (χ1v) is 18.3. The predicted molar refractivity (Wildman–Crippen MR) is 226 cm³/mol. The second-order valence-corrected chi connectivity index (χ2v) is 14.1. The van der Waals surface area contributed by atoms with Crippen LogP contribution in [0.15, 0.2) is 182 Å². The zero-order valence-electron chi connectivity index (χ0n) is 36.4. The molecular weight excluding hydrogens is 677 g/mol. The molecule has 8 aromatic carbocycles. The minimum Gasteiger partial charge on any atom is -0.308 e. The van der Waals surface area contributed by atoms with Crippen LogP contribution in [0.2, 0.25) is 0 Å². The molecule has 54 heavy (non-hydrogen) atoms. The molecule has 11 rings (SSSR count). The van der Waals surface area contributed by atoms with Crippen molar-refractivity contribution in [3.05, 3.63) is 182 Å². The van der Waals surface area contributed by atoms with Crippen LogP contribution in [0, 0.1) is 0 Å². The Morgan fingerprint density at radius 1 is 0.444 bits per heavy atom. The Morgan fingerprint density at radius 2 is 1.09 bits per heavy atom. The SMILES string of the molecule is [2H]c1c([2H])c([2H])c2c(c1[2H])c1c([2H])c([2H])c([2H])c([2H])c1n2-c1cccc(-c2ccc3ccccc3c2)c1-c1nc(-c2ccccc2)nc(-c2ccc3c(c2)sc2ccccc23)n1. The van der Waals surface area contributed by atoms with Crippen molar-refractivity contribution in [2.24, 2.45) is 0 Å². The Morgan fingerprint density at radius 3 is 1.91 bits per heavy atom. The zero-order chi connectivity index (χ0) is 42.6. The Hall–Kier alpha value is -6.95. The summed E-state index contributed by atoms with van der Waals surface area (Å²) in [6.07, 6.45) is 0. The first-order chi connectivity index (χ1) is 30.1. The number of hydrogen-bond donors (Lipinski definition) is 0. The molecule has 0 bridgehead atoms. The van der Waals surface area contributed by atoms with E-state index in [1.54, 1.807) is 17.4 Å². The van der Waals surface area contributed by atoms with Crippen LogP contribution < -0.4 is 0 Å². The molecule has 0 aliphatic heterocycles. The van der Waals surface area contributed by atoms with E-state index >= 15 is 0 Å². The van der Waals surface area contributed by atoms with Crippen molar-refractivity contribution >= 4 is 64.1 Å². The van der Waals surface area contributed by atoms with E-state index in [1.807, 2.05) is 97.1 Å². The van der Waals surface area contributed by atoms with Crippen LogP contribution >= 0.6 is 11.3 Å². The number of hydrogen-bond acceptors (Lipinski definition) is 4. The monoisotopic (exact) mass is 714 g/mol. The van der Waals surface area contributed by atoms with Gasteiger partial charge in [-0.3, -0.25) is 0 Å². The van der Waals surface area contributed by atoms with Gasteiger partial charge in [0.1, 0.15) is 0 Å². The van der Waals surface area contributed by atoms with E-state index < -0.39 is 48.3 Å².